The lowest BCUT2D eigenvalue weighted by atomic mass is 9.68. The molecule has 1 aliphatic carbocycles. The first-order chi connectivity index (χ1) is 7.75. The minimum absolute atomic E-state index is 0.128. The first-order valence-electron chi connectivity index (χ1n) is 6.43. The lowest BCUT2D eigenvalue weighted by Gasteiger charge is -2.51. The molecule has 0 aromatic carbocycles. The van der Waals surface area contributed by atoms with Crippen LogP contribution in [0.5, 0.6) is 0 Å². The van der Waals surface area contributed by atoms with Gasteiger partial charge < -0.3 is 15.3 Å². The largest absolute Gasteiger partial charge is 0.392 e. The van der Waals surface area contributed by atoms with Crippen LogP contribution in [0.3, 0.4) is 0 Å². The van der Waals surface area contributed by atoms with Crippen molar-refractivity contribution in [3.63, 3.8) is 0 Å². The van der Waals surface area contributed by atoms with Crippen molar-refractivity contribution in [2.45, 2.75) is 25.4 Å². The third-order valence-electron chi connectivity index (χ3n) is 4.48. The lowest BCUT2D eigenvalue weighted by molar-refractivity contribution is -0.155. The molecule has 0 spiro atoms. The van der Waals surface area contributed by atoms with Crippen LogP contribution in [0.25, 0.3) is 0 Å². The molecule has 1 amide bonds. The second kappa shape index (κ2) is 4.00. The molecule has 4 nitrogen and oxygen atoms in total. The average Bonchev–Trinajstić information content (AvgIpc) is 2.38. The Morgan fingerprint density at radius 3 is 2.38 bits per heavy atom. The van der Waals surface area contributed by atoms with E-state index in [1.807, 2.05) is 4.90 Å². The minimum Gasteiger partial charge on any atom is -0.392 e. The number of nitrogens with zero attached hydrogens (tertiary/aromatic N) is 1. The molecule has 90 valence electrons. The number of carbonyl (C=O) groups is 1. The molecule has 1 saturated carbocycles. The second-order valence-electron chi connectivity index (χ2n) is 5.51. The second-order valence-corrected chi connectivity index (χ2v) is 5.51. The summed E-state index contributed by atoms with van der Waals surface area (Å²) in [6.07, 6.45) is 2.95. The normalized spacial score (nSPS) is 39.3. The van der Waals surface area contributed by atoms with Gasteiger partial charge in [0.1, 0.15) is 0 Å². The molecule has 4 aliphatic rings. The van der Waals surface area contributed by atoms with Crippen molar-refractivity contribution in [3.05, 3.63) is 0 Å². The molecule has 16 heavy (non-hydrogen) atoms. The zero-order valence-corrected chi connectivity index (χ0v) is 9.56. The molecule has 3 heterocycles. The van der Waals surface area contributed by atoms with Crippen molar-refractivity contribution in [1.29, 1.82) is 0 Å². The van der Waals surface area contributed by atoms with E-state index in [0.717, 1.165) is 45.4 Å². The number of hydrogen-bond donors (Lipinski definition) is 2. The molecule has 2 bridgehead atoms. The standard InChI is InChI=1S/C12H20N2O2/c15-11-9-5-10(11)7-14(6-9)12(16)8-1-3-13-4-2-8/h8-11,13,15H,1-7H2/t9-,10+,11?. The van der Waals surface area contributed by atoms with Crippen LogP contribution in [0, 0.1) is 17.8 Å². The van der Waals surface area contributed by atoms with Gasteiger partial charge in [-0.25, -0.2) is 0 Å². The van der Waals surface area contributed by atoms with Crippen LogP contribution in [0.15, 0.2) is 0 Å². The van der Waals surface area contributed by atoms with Gasteiger partial charge in [0.05, 0.1) is 6.10 Å². The Kier molecular flexibility index (Phi) is 2.64. The molecule has 3 atom stereocenters. The Balaban J connectivity index is 1.59. The summed E-state index contributed by atoms with van der Waals surface area (Å²) in [5.74, 6) is 1.30. The highest BCUT2D eigenvalue weighted by Crippen LogP contribution is 2.40. The summed E-state index contributed by atoms with van der Waals surface area (Å²) in [7, 11) is 0. The molecule has 3 saturated heterocycles. The van der Waals surface area contributed by atoms with Crippen molar-refractivity contribution in [3.8, 4) is 0 Å². The number of carbonyl (C=O) groups excluding carboxylic acids is 1. The minimum atomic E-state index is -0.128. The molecule has 0 aromatic rings. The van der Waals surface area contributed by atoms with Crippen LogP contribution in [0.1, 0.15) is 19.3 Å². The van der Waals surface area contributed by atoms with E-state index in [1.165, 1.54) is 0 Å². The van der Waals surface area contributed by atoms with Gasteiger partial charge in [0.15, 0.2) is 0 Å². The zero-order chi connectivity index (χ0) is 11.1. The predicted octanol–water partition coefficient (Wildman–Crippen LogP) is -0.175. The van der Waals surface area contributed by atoms with E-state index < -0.39 is 0 Å². The monoisotopic (exact) mass is 224 g/mol. The number of hydrogen-bond acceptors (Lipinski definition) is 3. The number of aliphatic hydroxyl groups excluding tert-OH is 1. The molecule has 4 heteroatoms. The number of amides is 1. The van der Waals surface area contributed by atoms with E-state index in [-0.39, 0.29) is 12.0 Å². The van der Waals surface area contributed by atoms with Gasteiger partial charge in [0, 0.05) is 30.8 Å². The summed E-state index contributed by atoms with van der Waals surface area (Å²) in [6, 6.07) is 0. The van der Waals surface area contributed by atoms with E-state index in [9.17, 15) is 9.90 Å². The Hall–Kier alpha value is -0.610. The van der Waals surface area contributed by atoms with E-state index >= 15 is 0 Å². The van der Waals surface area contributed by atoms with Crippen LogP contribution in [-0.2, 0) is 4.79 Å². The Morgan fingerprint density at radius 1 is 1.19 bits per heavy atom. The molecule has 4 rings (SSSR count). The summed E-state index contributed by atoms with van der Waals surface area (Å²) in [5, 5.41) is 13.0. The van der Waals surface area contributed by atoms with Gasteiger partial charge in [-0.1, -0.05) is 0 Å². The lowest BCUT2D eigenvalue weighted by Crippen LogP contribution is -2.60. The Morgan fingerprint density at radius 2 is 1.81 bits per heavy atom. The van der Waals surface area contributed by atoms with Crippen LogP contribution < -0.4 is 5.32 Å². The fourth-order valence-corrected chi connectivity index (χ4v) is 3.37. The van der Waals surface area contributed by atoms with Gasteiger partial charge >= 0.3 is 0 Å². The van der Waals surface area contributed by atoms with Crippen LogP contribution in [0.2, 0.25) is 0 Å². The van der Waals surface area contributed by atoms with Crippen LogP contribution >= 0.6 is 0 Å². The van der Waals surface area contributed by atoms with Crippen LogP contribution in [0.4, 0.5) is 0 Å². The number of piperidine rings is 3. The van der Waals surface area contributed by atoms with Gasteiger partial charge in [-0.05, 0) is 32.4 Å². The molecule has 4 fully saturated rings. The first kappa shape index (κ1) is 10.5. The van der Waals surface area contributed by atoms with Gasteiger partial charge in [-0.15, -0.1) is 0 Å². The Bertz CT molecular complexity index is 277. The maximum atomic E-state index is 12.2. The number of nitrogens with one attached hydrogen (secondary N) is 1. The predicted molar refractivity (Wildman–Crippen MR) is 59.8 cm³/mol. The molecule has 0 aromatic heterocycles. The molecule has 1 unspecified atom stereocenters. The summed E-state index contributed by atoms with van der Waals surface area (Å²) < 4.78 is 0. The third-order valence-corrected chi connectivity index (χ3v) is 4.48. The maximum absolute atomic E-state index is 12.2. The van der Waals surface area contributed by atoms with Crippen LogP contribution in [-0.4, -0.2) is 48.2 Å². The van der Waals surface area contributed by atoms with Crippen molar-refractivity contribution in [1.82, 2.24) is 10.2 Å². The fourth-order valence-electron chi connectivity index (χ4n) is 3.37. The first-order valence-corrected chi connectivity index (χ1v) is 6.43. The SMILES string of the molecule is O=C(C1CCNCC1)N1C[C@H]2C[C@@H](C1)C2O. The molecule has 3 aliphatic heterocycles. The van der Waals surface area contributed by atoms with Gasteiger partial charge in [0.2, 0.25) is 5.91 Å². The van der Waals surface area contributed by atoms with Gasteiger partial charge in [-0.2, -0.15) is 0 Å². The molecular formula is C12H20N2O2. The third kappa shape index (κ3) is 1.64. The summed E-state index contributed by atoms with van der Waals surface area (Å²) in [5.41, 5.74) is 0. The van der Waals surface area contributed by atoms with E-state index in [2.05, 4.69) is 5.32 Å². The zero-order valence-electron chi connectivity index (χ0n) is 9.56. The fraction of sp³-hybridized carbons (Fsp3) is 0.917. The van der Waals surface area contributed by atoms with Gasteiger partial charge in [0.25, 0.3) is 0 Å². The van der Waals surface area contributed by atoms with Crippen molar-refractivity contribution in [2.75, 3.05) is 26.2 Å². The highest BCUT2D eigenvalue weighted by Gasteiger charge is 2.47. The number of fused-ring (bicyclic) bond motifs is 2. The summed E-state index contributed by atoms with van der Waals surface area (Å²) in [4.78, 5) is 14.2. The van der Waals surface area contributed by atoms with Gasteiger partial charge in [-0.3, -0.25) is 4.79 Å². The molecule has 2 N–H and O–H groups in total. The van der Waals surface area contributed by atoms with E-state index in [4.69, 9.17) is 0 Å². The number of aliphatic hydroxyl groups is 1. The number of rotatable bonds is 1. The molecular weight excluding hydrogens is 204 g/mol. The highest BCUT2D eigenvalue weighted by molar-refractivity contribution is 5.79. The molecule has 0 radical (unpaired) electrons. The van der Waals surface area contributed by atoms with Crippen molar-refractivity contribution < 1.29 is 9.90 Å². The Labute approximate surface area is 96.0 Å². The van der Waals surface area contributed by atoms with E-state index in [1.54, 1.807) is 0 Å². The van der Waals surface area contributed by atoms with Crippen molar-refractivity contribution >= 4 is 5.91 Å². The summed E-state index contributed by atoms with van der Waals surface area (Å²) in [6.45, 7) is 3.53. The summed E-state index contributed by atoms with van der Waals surface area (Å²) >= 11 is 0. The quantitative estimate of drug-likeness (QED) is 0.650. The van der Waals surface area contributed by atoms with Crippen molar-refractivity contribution in [2.24, 2.45) is 17.8 Å². The topological polar surface area (TPSA) is 52.6 Å². The van der Waals surface area contributed by atoms with E-state index in [0.29, 0.717) is 17.7 Å². The highest BCUT2D eigenvalue weighted by atomic mass is 16.3. The average molecular weight is 224 g/mol. The smallest absolute Gasteiger partial charge is 0.225 e. The maximum Gasteiger partial charge on any atom is 0.225 e.